The molecule has 0 unspecified atom stereocenters. The molecule has 1 aromatic heterocycles. The van der Waals surface area contributed by atoms with Gasteiger partial charge in [-0.1, -0.05) is 42.7 Å². The zero-order valence-corrected chi connectivity index (χ0v) is 19.4. The Labute approximate surface area is 198 Å². The molecule has 1 saturated heterocycles. The minimum absolute atomic E-state index is 0.197. The zero-order chi connectivity index (χ0) is 22.6. The third kappa shape index (κ3) is 5.09. The van der Waals surface area contributed by atoms with Crippen LogP contribution in [0.2, 0.25) is 0 Å². The Balaban J connectivity index is 1.37. The van der Waals surface area contributed by atoms with Crippen molar-refractivity contribution in [3.63, 3.8) is 0 Å². The number of carbonyl (C=O) groups excluding carboxylic acids is 1. The van der Waals surface area contributed by atoms with Gasteiger partial charge in [-0.15, -0.1) is 0 Å². The first-order valence-electron chi connectivity index (χ1n) is 11.7. The van der Waals surface area contributed by atoms with E-state index >= 15 is 0 Å². The van der Waals surface area contributed by atoms with Crippen LogP contribution >= 0.6 is 11.3 Å². The lowest BCUT2D eigenvalue weighted by molar-refractivity contribution is 0.102. The van der Waals surface area contributed by atoms with Crippen molar-refractivity contribution in [2.45, 2.75) is 38.1 Å². The van der Waals surface area contributed by atoms with Gasteiger partial charge >= 0.3 is 0 Å². The van der Waals surface area contributed by atoms with Gasteiger partial charge in [0.2, 0.25) is 0 Å². The van der Waals surface area contributed by atoms with Crippen molar-refractivity contribution in [2.24, 2.45) is 0 Å². The molecule has 2 aromatic carbocycles. The van der Waals surface area contributed by atoms with Gasteiger partial charge in [0.05, 0.1) is 0 Å². The van der Waals surface area contributed by atoms with Crippen molar-refractivity contribution in [3.05, 3.63) is 66.0 Å². The Morgan fingerprint density at radius 3 is 2.39 bits per heavy atom. The van der Waals surface area contributed by atoms with Crippen LogP contribution in [0.3, 0.4) is 0 Å². The molecule has 0 atom stereocenters. The molecule has 1 saturated carbocycles. The molecule has 0 spiro atoms. The van der Waals surface area contributed by atoms with E-state index in [-0.39, 0.29) is 11.7 Å². The van der Waals surface area contributed by atoms with E-state index in [1.165, 1.54) is 55.6 Å². The molecule has 3 aromatic rings. The fraction of sp³-hybridized carbons (Fsp3) is 0.385. The largest absolute Gasteiger partial charge is 0.359 e. The number of amides is 1. The fourth-order valence-corrected chi connectivity index (χ4v) is 5.86. The molecular weight excluding hydrogens is 435 g/mol. The van der Waals surface area contributed by atoms with Crippen molar-refractivity contribution in [1.82, 2.24) is 9.88 Å². The summed E-state index contributed by atoms with van der Waals surface area (Å²) in [7, 11) is 0. The standard InChI is InChI=1S/C26H28FN4OS/c27-21-13-11-19(12-14-21)23-25(31-17-15-30(16-18-31)22-9-5-2-6-10-22)33-26(28-23)29-24(32)20-7-3-1-4-8-20/h3-4,7-8,11-14,22H,2,5-6,9-10,15-18H2,(H,28,29,32). The number of aromatic nitrogens is 1. The van der Waals surface area contributed by atoms with E-state index in [1.54, 1.807) is 36.4 Å². The van der Waals surface area contributed by atoms with Gasteiger partial charge in [-0.2, -0.15) is 0 Å². The summed E-state index contributed by atoms with van der Waals surface area (Å²) in [5.41, 5.74) is 2.21. The molecule has 2 aliphatic rings. The van der Waals surface area contributed by atoms with Gasteiger partial charge in [-0.25, -0.2) is 9.37 Å². The van der Waals surface area contributed by atoms with Crippen LogP contribution in [0.1, 0.15) is 42.5 Å². The van der Waals surface area contributed by atoms with Gasteiger partial charge in [0.15, 0.2) is 5.13 Å². The first kappa shape index (κ1) is 22.0. The van der Waals surface area contributed by atoms with Crippen molar-refractivity contribution < 1.29 is 9.18 Å². The Kier molecular flexibility index (Phi) is 6.69. The lowest BCUT2D eigenvalue weighted by Gasteiger charge is -2.41. The first-order chi connectivity index (χ1) is 16.2. The van der Waals surface area contributed by atoms with Crippen LogP contribution in [0, 0.1) is 11.9 Å². The average Bonchev–Trinajstić information content (AvgIpc) is 3.29. The van der Waals surface area contributed by atoms with Gasteiger partial charge in [0, 0.05) is 43.3 Å². The van der Waals surface area contributed by atoms with Crippen LogP contribution in [0.15, 0.2) is 48.5 Å². The SMILES string of the molecule is O=C(Nc1nc(-c2ccc(F)cc2)c(N2CCN(C3CCCCC3)CC2)s1)c1cc[c]cc1. The lowest BCUT2D eigenvalue weighted by Crippen LogP contribution is -2.50. The summed E-state index contributed by atoms with van der Waals surface area (Å²) in [5.74, 6) is -0.469. The van der Waals surface area contributed by atoms with Crippen LogP contribution in [0.5, 0.6) is 0 Å². The smallest absolute Gasteiger partial charge is 0.257 e. The summed E-state index contributed by atoms with van der Waals surface area (Å²) in [4.78, 5) is 22.4. The van der Waals surface area contributed by atoms with Crippen molar-refractivity contribution in [2.75, 3.05) is 36.4 Å². The van der Waals surface area contributed by atoms with Gasteiger partial charge in [0.1, 0.15) is 16.5 Å². The molecule has 5 rings (SSSR count). The van der Waals surface area contributed by atoms with Gasteiger partial charge in [-0.3, -0.25) is 15.0 Å². The van der Waals surface area contributed by atoms with Gasteiger partial charge in [-0.05, 0) is 55.3 Å². The Morgan fingerprint density at radius 1 is 1.00 bits per heavy atom. The molecule has 1 aliphatic heterocycles. The maximum Gasteiger partial charge on any atom is 0.257 e. The molecule has 5 nitrogen and oxygen atoms in total. The molecule has 0 bridgehead atoms. The molecule has 7 heteroatoms. The molecule has 1 N–H and O–H groups in total. The molecule has 2 heterocycles. The second kappa shape index (κ2) is 10.0. The Bertz CT molecular complexity index is 1070. The highest BCUT2D eigenvalue weighted by atomic mass is 32.1. The second-order valence-electron chi connectivity index (χ2n) is 8.74. The fourth-order valence-electron chi connectivity index (χ4n) is 4.82. The molecule has 1 aliphatic carbocycles. The number of halogens is 1. The number of anilines is 2. The molecule has 1 amide bonds. The monoisotopic (exact) mass is 463 g/mol. The van der Waals surface area contributed by atoms with Crippen LogP contribution in [0.25, 0.3) is 11.3 Å². The van der Waals surface area contributed by atoms with E-state index in [2.05, 4.69) is 21.2 Å². The van der Waals surface area contributed by atoms with E-state index < -0.39 is 0 Å². The molecule has 2 fully saturated rings. The van der Waals surface area contributed by atoms with Gasteiger partial charge in [0.25, 0.3) is 5.91 Å². The molecule has 33 heavy (non-hydrogen) atoms. The first-order valence-corrected chi connectivity index (χ1v) is 12.5. The zero-order valence-electron chi connectivity index (χ0n) is 18.6. The number of hydrogen-bond donors (Lipinski definition) is 1. The summed E-state index contributed by atoms with van der Waals surface area (Å²) in [6.45, 7) is 3.92. The summed E-state index contributed by atoms with van der Waals surface area (Å²) in [6.07, 6.45) is 6.69. The summed E-state index contributed by atoms with van der Waals surface area (Å²) >= 11 is 1.49. The topological polar surface area (TPSA) is 48.5 Å². The third-order valence-electron chi connectivity index (χ3n) is 6.62. The maximum absolute atomic E-state index is 13.5. The summed E-state index contributed by atoms with van der Waals surface area (Å²) in [6, 6.07) is 17.0. The normalized spacial score (nSPS) is 17.8. The lowest BCUT2D eigenvalue weighted by atomic mass is 9.94. The predicted octanol–water partition coefficient (Wildman–Crippen LogP) is 5.46. The number of carbonyl (C=O) groups is 1. The summed E-state index contributed by atoms with van der Waals surface area (Å²) in [5, 5.41) is 4.53. The number of nitrogens with one attached hydrogen (secondary N) is 1. The number of nitrogens with zero attached hydrogens (tertiary/aromatic N) is 3. The van der Waals surface area contributed by atoms with E-state index in [0.29, 0.717) is 10.7 Å². The van der Waals surface area contributed by atoms with E-state index in [0.717, 1.165) is 48.5 Å². The van der Waals surface area contributed by atoms with E-state index in [9.17, 15) is 9.18 Å². The average molecular weight is 464 g/mol. The number of thiazole rings is 1. The highest BCUT2D eigenvalue weighted by Gasteiger charge is 2.28. The number of piperazine rings is 1. The summed E-state index contributed by atoms with van der Waals surface area (Å²) < 4.78 is 13.5. The second-order valence-corrected chi connectivity index (χ2v) is 9.71. The Hall–Kier alpha value is -2.77. The van der Waals surface area contributed by atoms with E-state index in [1.807, 2.05) is 0 Å². The van der Waals surface area contributed by atoms with Gasteiger partial charge < -0.3 is 4.90 Å². The minimum Gasteiger partial charge on any atom is -0.359 e. The molecule has 1 radical (unpaired) electrons. The number of benzene rings is 2. The van der Waals surface area contributed by atoms with Crippen molar-refractivity contribution in [3.8, 4) is 11.3 Å². The third-order valence-corrected chi connectivity index (χ3v) is 7.65. The predicted molar refractivity (Wildman–Crippen MR) is 131 cm³/mol. The van der Waals surface area contributed by atoms with Crippen LogP contribution < -0.4 is 10.2 Å². The Morgan fingerprint density at radius 2 is 1.70 bits per heavy atom. The van der Waals surface area contributed by atoms with Crippen molar-refractivity contribution in [1.29, 1.82) is 0 Å². The molecule has 171 valence electrons. The van der Waals surface area contributed by atoms with Crippen LogP contribution in [-0.4, -0.2) is 48.0 Å². The number of hydrogen-bond acceptors (Lipinski definition) is 5. The molecular formula is C26H28FN4OS. The maximum atomic E-state index is 13.5. The quantitative estimate of drug-likeness (QED) is 0.546. The van der Waals surface area contributed by atoms with Crippen LogP contribution in [-0.2, 0) is 0 Å². The highest BCUT2D eigenvalue weighted by Crippen LogP contribution is 2.39. The van der Waals surface area contributed by atoms with E-state index in [4.69, 9.17) is 4.98 Å². The minimum atomic E-state index is -0.272. The van der Waals surface area contributed by atoms with Crippen LogP contribution in [0.4, 0.5) is 14.5 Å². The van der Waals surface area contributed by atoms with Crippen molar-refractivity contribution >= 4 is 27.4 Å². The number of rotatable bonds is 5. The highest BCUT2D eigenvalue weighted by molar-refractivity contribution is 7.20.